The topological polar surface area (TPSA) is 29.5 Å². The first-order valence-electron chi connectivity index (χ1n) is 6.44. The minimum atomic E-state index is -1.56. The zero-order valence-electron chi connectivity index (χ0n) is 11.7. The van der Waals surface area contributed by atoms with Crippen molar-refractivity contribution >= 4 is 8.32 Å². The summed E-state index contributed by atoms with van der Waals surface area (Å²) in [5, 5.41) is 9.39. The Hall–Kier alpha value is 0.137. The summed E-state index contributed by atoms with van der Waals surface area (Å²) in [4.78, 5) is 0. The van der Waals surface area contributed by atoms with E-state index in [0.717, 1.165) is 6.61 Å². The smallest absolute Gasteiger partial charge is 0.191 e. The standard InChI is InChI=1S/C13H28O2Si/c1-10(8-14)12-7-11(12)9-15-16(5,6)13(2,3)4/h10-12,14H,7-9H2,1-6H3/t10-,11-,12+/m0/s1. The molecule has 0 heterocycles. The minimum absolute atomic E-state index is 0.306. The van der Waals surface area contributed by atoms with E-state index in [4.69, 9.17) is 9.53 Å². The highest BCUT2D eigenvalue weighted by atomic mass is 28.4. The molecule has 1 aliphatic rings. The van der Waals surface area contributed by atoms with Gasteiger partial charge in [0, 0.05) is 13.2 Å². The molecule has 2 nitrogen and oxygen atoms in total. The quantitative estimate of drug-likeness (QED) is 0.752. The molecule has 0 aliphatic heterocycles. The van der Waals surface area contributed by atoms with Crippen molar-refractivity contribution in [1.29, 1.82) is 0 Å². The third-order valence-corrected chi connectivity index (χ3v) is 8.96. The van der Waals surface area contributed by atoms with Crippen LogP contribution in [0.15, 0.2) is 0 Å². The third kappa shape index (κ3) is 3.31. The average molecular weight is 244 g/mol. The van der Waals surface area contributed by atoms with Crippen molar-refractivity contribution in [3.8, 4) is 0 Å². The lowest BCUT2D eigenvalue weighted by atomic mass is 10.1. The number of rotatable bonds is 5. The lowest BCUT2D eigenvalue weighted by Gasteiger charge is -2.36. The van der Waals surface area contributed by atoms with E-state index >= 15 is 0 Å². The summed E-state index contributed by atoms with van der Waals surface area (Å²) >= 11 is 0. The molecule has 0 amide bonds. The molecule has 0 aromatic rings. The van der Waals surface area contributed by atoms with Gasteiger partial charge in [-0.2, -0.15) is 0 Å². The fraction of sp³-hybridized carbons (Fsp3) is 1.00. The van der Waals surface area contributed by atoms with Crippen LogP contribution in [-0.2, 0) is 4.43 Å². The van der Waals surface area contributed by atoms with Gasteiger partial charge in [-0.3, -0.25) is 0 Å². The van der Waals surface area contributed by atoms with Gasteiger partial charge in [-0.05, 0) is 42.3 Å². The summed E-state index contributed by atoms with van der Waals surface area (Å²) in [6.45, 7) is 14.8. The Labute approximate surface area is 102 Å². The second-order valence-electron chi connectivity index (χ2n) is 6.89. The van der Waals surface area contributed by atoms with Gasteiger partial charge in [0.25, 0.3) is 0 Å². The molecular weight excluding hydrogens is 216 g/mol. The lowest BCUT2D eigenvalue weighted by Crippen LogP contribution is -2.41. The Morgan fingerprint density at radius 2 is 1.94 bits per heavy atom. The van der Waals surface area contributed by atoms with Crippen molar-refractivity contribution in [3.05, 3.63) is 0 Å². The van der Waals surface area contributed by atoms with E-state index in [1.807, 2.05) is 0 Å². The summed E-state index contributed by atoms with van der Waals surface area (Å²) in [6, 6.07) is 0. The van der Waals surface area contributed by atoms with Gasteiger partial charge in [-0.1, -0.05) is 27.7 Å². The molecule has 3 heteroatoms. The molecule has 0 unspecified atom stereocenters. The van der Waals surface area contributed by atoms with Crippen LogP contribution in [0.2, 0.25) is 18.1 Å². The van der Waals surface area contributed by atoms with E-state index in [-0.39, 0.29) is 0 Å². The maximum Gasteiger partial charge on any atom is 0.191 e. The molecule has 96 valence electrons. The largest absolute Gasteiger partial charge is 0.417 e. The molecule has 1 aliphatic carbocycles. The summed E-state index contributed by atoms with van der Waals surface area (Å²) in [7, 11) is -1.56. The van der Waals surface area contributed by atoms with Gasteiger partial charge in [0.05, 0.1) is 0 Å². The van der Waals surface area contributed by atoms with Crippen LogP contribution in [-0.4, -0.2) is 26.6 Å². The average Bonchev–Trinajstić information content (AvgIpc) is 2.91. The highest BCUT2D eigenvalue weighted by Crippen LogP contribution is 2.46. The molecule has 0 spiro atoms. The Balaban J connectivity index is 2.32. The molecule has 0 radical (unpaired) electrons. The van der Waals surface area contributed by atoms with Crippen LogP contribution < -0.4 is 0 Å². The highest BCUT2D eigenvalue weighted by Gasteiger charge is 2.44. The van der Waals surface area contributed by atoms with Gasteiger partial charge in [0.2, 0.25) is 0 Å². The van der Waals surface area contributed by atoms with Gasteiger partial charge in [0.15, 0.2) is 8.32 Å². The molecular formula is C13H28O2Si. The van der Waals surface area contributed by atoms with Crippen LogP contribution in [0.1, 0.15) is 34.1 Å². The molecule has 1 fully saturated rings. The lowest BCUT2D eigenvalue weighted by molar-refractivity contribution is 0.204. The molecule has 1 N–H and O–H groups in total. The molecule has 0 saturated heterocycles. The van der Waals surface area contributed by atoms with Crippen molar-refractivity contribution < 1.29 is 9.53 Å². The van der Waals surface area contributed by atoms with Crippen LogP contribution >= 0.6 is 0 Å². The van der Waals surface area contributed by atoms with E-state index in [0.29, 0.717) is 29.4 Å². The number of hydrogen-bond donors (Lipinski definition) is 1. The predicted molar refractivity (Wildman–Crippen MR) is 71.0 cm³/mol. The first-order chi connectivity index (χ1) is 7.19. The predicted octanol–water partition coefficient (Wildman–Crippen LogP) is 3.27. The van der Waals surface area contributed by atoms with E-state index in [1.54, 1.807) is 0 Å². The fourth-order valence-electron chi connectivity index (χ4n) is 1.83. The van der Waals surface area contributed by atoms with E-state index in [2.05, 4.69) is 40.8 Å². The zero-order chi connectivity index (χ0) is 12.6. The molecule has 0 aromatic carbocycles. The number of hydrogen-bond acceptors (Lipinski definition) is 2. The number of aliphatic hydroxyl groups is 1. The Morgan fingerprint density at radius 1 is 1.38 bits per heavy atom. The van der Waals surface area contributed by atoms with Crippen LogP contribution in [0.5, 0.6) is 0 Å². The van der Waals surface area contributed by atoms with Gasteiger partial charge in [0.1, 0.15) is 0 Å². The van der Waals surface area contributed by atoms with Crippen molar-refractivity contribution in [2.45, 2.75) is 52.2 Å². The Kier molecular flexibility index (Phi) is 4.25. The molecule has 1 rings (SSSR count). The maximum atomic E-state index is 9.09. The van der Waals surface area contributed by atoms with Crippen LogP contribution in [0.4, 0.5) is 0 Å². The SMILES string of the molecule is C[C@@H](CO)[C@H]1C[C@H]1CO[Si](C)(C)C(C)(C)C. The van der Waals surface area contributed by atoms with Gasteiger partial charge >= 0.3 is 0 Å². The molecule has 0 aromatic heterocycles. The highest BCUT2D eigenvalue weighted by molar-refractivity contribution is 6.74. The molecule has 0 bridgehead atoms. The fourth-order valence-corrected chi connectivity index (χ4v) is 2.89. The van der Waals surface area contributed by atoms with Crippen molar-refractivity contribution in [2.24, 2.45) is 17.8 Å². The molecule has 16 heavy (non-hydrogen) atoms. The normalized spacial score (nSPS) is 27.9. The summed E-state index contributed by atoms with van der Waals surface area (Å²) in [5.74, 6) is 1.86. The van der Waals surface area contributed by atoms with Crippen molar-refractivity contribution in [3.63, 3.8) is 0 Å². The van der Waals surface area contributed by atoms with Gasteiger partial charge in [-0.25, -0.2) is 0 Å². The van der Waals surface area contributed by atoms with Gasteiger partial charge in [-0.15, -0.1) is 0 Å². The third-order valence-electron chi connectivity index (χ3n) is 4.46. The first kappa shape index (κ1) is 14.2. The molecule has 1 saturated carbocycles. The van der Waals surface area contributed by atoms with Crippen molar-refractivity contribution in [2.75, 3.05) is 13.2 Å². The first-order valence-corrected chi connectivity index (χ1v) is 9.34. The van der Waals surface area contributed by atoms with Crippen LogP contribution in [0.3, 0.4) is 0 Å². The second-order valence-corrected chi connectivity index (χ2v) is 11.7. The number of aliphatic hydroxyl groups excluding tert-OH is 1. The summed E-state index contributed by atoms with van der Waals surface area (Å²) in [6.07, 6.45) is 1.25. The van der Waals surface area contributed by atoms with Crippen LogP contribution in [0.25, 0.3) is 0 Å². The zero-order valence-corrected chi connectivity index (χ0v) is 12.7. The molecule has 3 atom stereocenters. The van der Waals surface area contributed by atoms with E-state index in [9.17, 15) is 0 Å². The van der Waals surface area contributed by atoms with Crippen LogP contribution in [0, 0.1) is 17.8 Å². The van der Waals surface area contributed by atoms with E-state index in [1.165, 1.54) is 6.42 Å². The summed E-state index contributed by atoms with van der Waals surface area (Å²) < 4.78 is 6.20. The Morgan fingerprint density at radius 3 is 2.38 bits per heavy atom. The second kappa shape index (κ2) is 4.79. The monoisotopic (exact) mass is 244 g/mol. The minimum Gasteiger partial charge on any atom is -0.417 e. The summed E-state index contributed by atoms with van der Waals surface area (Å²) in [5.41, 5.74) is 0. The van der Waals surface area contributed by atoms with Gasteiger partial charge < -0.3 is 9.53 Å². The van der Waals surface area contributed by atoms with Crippen molar-refractivity contribution in [1.82, 2.24) is 0 Å². The van der Waals surface area contributed by atoms with E-state index < -0.39 is 8.32 Å². The maximum absolute atomic E-state index is 9.09. The Bertz CT molecular complexity index is 233.